The van der Waals surface area contributed by atoms with Crippen LogP contribution in [-0.2, 0) is 19.1 Å². The van der Waals surface area contributed by atoms with Gasteiger partial charge in [-0.15, -0.1) is 23.2 Å². The van der Waals surface area contributed by atoms with E-state index in [1.807, 2.05) is 0 Å². The monoisotopic (exact) mass is 522 g/mol. The van der Waals surface area contributed by atoms with E-state index in [0.717, 1.165) is 4.90 Å². The lowest BCUT2D eigenvalue weighted by Gasteiger charge is -2.28. The molecule has 4 atom stereocenters. The summed E-state index contributed by atoms with van der Waals surface area (Å²) in [6, 6.07) is 11.1. The van der Waals surface area contributed by atoms with E-state index in [0.29, 0.717) is 29.1 Å². The second kappa shape index (κ2) is 9.94. The van der Waals surface area contributed by atoms with E-state index in [9.17, 15) is 19.2 Å². The summed E-state index contributed by atoms with van der Waals surface area (Å²) in [7, 11) is 0. The van der Waals surface area contributed by atoms with Crippen LogP contribution in [0.15, 0.2) is 42.5 Å². The predicted molar refractivity (Wildman–Crippen MR) is 130 cm³/mol. The zero-order chi connectivity index (χ0) is 24.6. The minimum absolute atomic E-state index is 0.102. The zero-order valence-corrected chi connectivity index (χ0v) is 20.4. The third-order valence-corrected chi connectivity index (χ3v) is 7.63. The molecule has 1 saturated carbocycles. The van der Waals surface area contributed by atoms with Crippen LogP contribution in [0.25, 0.3) is 0 Å². The van der Waals surface area contributed by atoms with Gasteiger partial charge in [0.15, 0.2) is 6.61 Å². The lowest BCUT2D eigenvalue weighted by Crippen LogP contribution is -2.34. The van der Waals surface area contributed by atoms with Gasteiger partial charge in [-0.1, -0.05) is 23.7 Å². The van der Waals surface area contributed by atoms with Crippen molar-refractivity contribution in [2.75, 3.05) is 16.8 Å². The number of carbonyl (C=O) groups is 4. The molecule has 0 spiro atoms. The molecule has 3 amide bonds. The molecule has 2 aromatic rings. The highest BCUT2D eigenvalue weighted by Crippen LogP contribution is 2.43. The number of amides is 3. The van der Waals surface area contributed by atoms with E-state index in [2.05, 4.69) is 5.32 Å². The van der Waals surface area contributed by atoms with Crippen LogP contribution >= 0.6 is 34.8 Å². The summed E-state index contributed by atoms with van der Waals surface area (Å²) in [5.74, 6) is -3.07. The third-order valence-electron chi connectivity index (χ3n) is 6.13. The summed E-state index contributed by atoms with van der Waals surface area (Å²) in [5, 5.41) is 2.37. The number of nitrogens with one attached hydrogen (secondary N) is 1. The van der Waals surface area contributed by atoms with Crippen LogP contribution < -0.4 is 10.2 Å². The molecule has 0 unspecified atom stereocenters. The van der Waals surface area contributed by atoms with Crippen molar-refractivity contribution in [1.29, 1.82) is 0 Å². The van der Waals surface area contributed by atoms with Crippen molar-refractivity contribution < 1.29 is 23.9 Å². The van der Waals surface area contributed by atoms with Gasteiger partial charge in [-0.2, -0.15) is 0 Å². The number of hydrogen-bond donors (Lipinski definition) is 1. The van der Waals surface area contributed by atoms with Crippen LogP contribution in [0.5, 0.6) is 0 Å². The summed E-state index contributed by atoms with van der Waals surface area (Å²) in [6.45, 7) is 1.24. The van der Waals surface area contributed by atoms with Crippen molar-refractivity contribution in [3.63, 3.8) is 0 Å². The first-order chi connectivity index (χ1) is 16.2. The SMILES string of the molecule is Cc1c(Cl)cccc1NC(=O)COC(=O)c1cccc(N2C(=O)[C@@H]3C[C@@H](Cl)[C@@H](Cl)C[C@H]3C2=O)c1. The normalized spacial score (nSPS) is 24.1. The number of hydrogen-bond acceptors (Lipinski definition) is 5. The van der Waals surface area contributed by atoms with Gasteiger partial charge >= 0.3 is 5.97 Å². The zero-order valence-electron chi connectivity index (χ0n) is 18.1. The van der Waals surface area contributed by atoms with Gasteiger partial charge < -0.3 is 10.1 Å². The number of ether oxygens (including phenoxy) is 1. The lowest BCUT2D eigenvalue weighted by molar-refractivity contribution is -0.122. The Morgan fingerprint density at radius 2 is 1.65 bits per heavy atom. The molecule has 0 radical (unpaired) electrons. The second-order valence-electron chi connectivity index (χ2n) is 8.32. The lowest BCUT2D eigenvalue weighted by atomic mass is 9.80. The highest BCUT2D eigenvalue weighted by Gasteiger charge is 2.52. The van der Waals surface area contributed by atoms with Crippen LogP contribution in [0, 0.1) is 18.8 Å². The van der Waals surface area contributed by atoms with Gasteiger partial charge in [0.25, 0.3) is 5.91 Å². The van der Waals surface area contributed by atoms with Gasteiger partial charge in [-0.3, -0.25) is 19.3 Å². The smallest absolute Gasteiger partial charge is 0.338 e. The Morgan fingerprint density at radius 3 is 2.29 bits per heavy atom. The third kappa shape index (κ3) is 4.78. The maximum absolute atomic E-state index is 12.9. The molecule has 1 N–H and O–H groups in total. The number of esters is 1. The van der Waals surface area contributed by atoms with Crippen molar-refractivity contribution in [3.8, 4) is 0 Å². The topological polar surface area (TPSA) is 92.8 Å². The first kappa shape index (κ1) is 24.5. The molecule has 10 heteroatoms. The number of rotatable bonds is 5. The summed E-state index contributed by atoms with van der Waals surface area (Å²) in [4.78, 5) is 51.7. The highest BCUT2D eigenvalue weighted by molar-refractivity contribution is 6.32. The number of carbonyl (C=O) groups excluding carboxylic acids is 4. The molecule has 2 aromatic carbocycles. The summed E-state index contributed by atoms with van der Waals surface area (Å²) in [6.07, 6.45) is 0.648. The van der Waals surface area contributed by atoms with Gasteiger partial charge in [-0.05, 0) is 55.7 Å². The summed E-state index contributed by atoms with van der Waals surface area (Å²) < 4.78 is 5.12. The van der Waals surface area contributed by atoms with Crippen molar-refractivity contribution >= 4 is 69.9 Å². The van der Waals surface area contributed by atoms with Crippen molar-refractivity contribution in [2.45, 2.75) is 30.5 Å². The van der Waals surface area contributed by atoms with E-state index in [4.69, 9.17) is 39.5 Å². The fourth-order valence-corrected chi connectivity index (χ4v) is 5.03. The predicted octanol–water partition coefficient (Wildman–Crippen LogP) is 4.56. The van der Waals surface area contributed by atoms with Crippen LogP contribution in [-0.4, -0.2) is 41.1 Å². The van der Waals surface area contributed by atoms with Gasteiger partial charge in [0, 0.05) is 10.7 Å². The van der Waals surface area contributed by atoms with E-state index >= 15 is 0 Å². The van der Waals surface area contributed by atoms with E-state index in [1.165, 1.54) is 12.1 Å². The first-order valence-corrected chi connectivity index (χ1v) is 11.9. The van der Waals surface area contributed by atoms with Crippen molar-refractivity contribution in [3.05, 3.63) is 58.6 Å². The largest absolute Gasteiger partial charge is 0.452 e. The standard InChI is InChI=1S/C24H21Cl3N2O5/c1-12-17(25)6-3-7-20(12)28-21(30)11-34-24(33)13-4-2-5-14(8-13)29-22(31)15-9-18(26)19(27)10-16(15)23(29)32/h2-8,15-16,18-19H,9-11H2,1H3,(H,28,30)/t15-,16-,18-,19+/m1/s1. The van der Waals surface area contributed by atoms with Gasteiger partial charge in [0.05, 0.1) is 33.8 Å². The summed E-state index contributed by atoms with van der Waals surface area (Å²) >= 11 is 18.5. The number of imide groups is 1. The Hall–Kier alpha value is -2.61. The molecule has 178 valence electrons. The van der Waals surface area contributed by atoms with Gasteiger partial charge in [-0.25, -0.2) is 4.79 Å². The Labute approximate surface area is 211 Å². The van der Waals surface area contributed by atoms with Crippen LogP contribution in [0.1, 0.15) is 28.8 Å². The number of benzene rings is 2. The number of fused-ring (bicyclic) bond motifs is 1. The Morgan fingerprint density at radius 1 is 1.03 bits per heavy atom. The first-order valence-electron chi connectivity index (χ1n) is 10.7. The number of alkyl halides is 2. The number of halogens is 3. The van der Waals surface area contributed by atoms with Crippen LogP contribution in [0.2, 0.25) is 5.02 Å². The molecule has 1 aliphatic carbocycles. The maximum Gasteiger partial charge on any atom is 0.338 e. The minimum atomic E-state index is -0.766. The molecule has 7 nitrogen and oxygen atoms in total. The number of nitrogens with zero attached hydrogens (tertiary/aromatic N) is 1. The fraction of sp³-hybridized carbons (Fsp3) is 0.333. The maximum atomic E-state index is 12.9. The van der Waals surface area contributed by atoms with Crippen molar-refractivity contribution in [2.24, 2.45) is 11.8 Å². The van der Waals surface area contributed by atoms with E-state index in [-0.39, 0.29) is 33.8 Å². The molecule has 0 bridgehead atoms. The molecule has 0 aromatic heterocycles. The number of anilines is 2. The van der Waals surface area contributed by atoms with Crippen LogP contribution in [0.4, 0.5) is 11.4 Å². The molecular formula is C24H21Cl3N2O5. The van der Waals surface area contributed by atoms with Gasteiger partial charge in [0.1, 0.15) is 0 Å². The molecule has 34 heavy (non-hydrogen) atoms. The molecule has 1 aliphatic heterocycles. The minimum Gasteiger partial charge on any atom is -0.452 e. The fourth-order valence-electron chi connectivity index (χ4n) is 4.27. The quantitative estimate of drug-likeness (QED) is 0.352. The average Bonchev–Trinajstić information content (AvgIpc) is 3.05. The Balaban J connectivity index is 1.42. The molecule has 4 rings (SSSR count). The van der Waals surface area contributed by atoms with Crippen LogP contribution in [0.3, 0.4) is 0 Å². The highest BCUT2D eigenvalue weighted by atomic mass is 35.5. The molecule has 2 aliphatic rings. The molecule has 1 heterocycles. The van der Waals surface area contributed by atoms with E-state index in [1.54, 1.807) is 37.3 Å². The summed E-state index contributed by atoms with van der Waals surface area (Å²) in [5.41, 5.74) is 1.57. The van der Waals surface area contributed by atoms with E-state index < -0.39 is 30.3 Å². The second-order valence-corrected chi connectivity index (χ2v) is 9.84. The molecule has 1 saturated heterocycles. The van der Waals surface area contributed by atoms with Gasteiger partial charge in [0.2, 0.25) is 11.8 Å². The Kier molecular flexibility index (Phi) is 7.17. The molecular weight excluding hydrogens is 503 g/mol. The Bertz CT molecular complexity index is 1140. The molecule has 2 fully saturated rings. The average molecular weight is 524 g/mol. The van der Waals surface area contributed by atoms with Crippen molar-refractivity contribution in [1.82, 2.24) is 0 Å².